The molecule has 0 bridgehead atoms. The molecule has 0 aromatic rings. The number of hydrogen-bond donors (Lipinski definition) is 1. The van der Waals surface area contributed by atoms with E-state index < -0.39 is 5.97 Å². The first-order valence-electron chi connectivity index (χ1n) is 0.928. The minimum atomic E-state index is -0.833. The van der Waals surface area contributed by atoms with E-state index in [0.29, 0.717) is 0 Å². The molecule has 0 atom stereocenters. The maximum absolute atomic E-state index is 9.00. The van der Waals surface area contributed by atoms with Crippen LogP contribution in [0.1, 0.15) is 6.92 Å². The lowest BCUT2D eigenvalue weighted by atomic mass is 10.9. The second-order valence-electron chi connectivity index (χ2n) is 0.519. The topological polar surface area (TPSA) is 37.3 Å². The molecule has 0 rings (SSSR count). The Hall–Kier alpha value is -0.180. The number of hydrogen-bond acceptors (Lipinski definition) is 1. The van der Waals surface area contributed by atoms with Gasteiger partial charge in [0.15, 0.2) is 0 Å². The molecule has 32 valence electrons. The van der Waals surface area contributed by atoms with E-state index in [1.807, 2.05) is 0 Å². The van der Waals surface area contributed by atoms with Crippen molar-refractivity contribution >= 4 is 19.5 Å². The molecule has 0 aliphatic carbocycles. The van der Waals surface area contributed by atoms with Gasteiger partial charge in [-0.25, -0.2) is 0 Å². The zero-order valence-electron chi connectivity index (χ0n) is 2.86. The largest absolute Gasteiger partial charge is 0.481 e. The number of carbonyl (C=O) groups is 1. The van der Waals surface area contributed by atoms with E-state index in [1.54, 1.807) is 0 Å². The van der Waals surface area contributed by atoms with E-state index >= 15 is 0 Å². The van der Waals surface area contributed by atoms with Crippen LogP contribution in [0.25, 0.3) is 0 Å². The Kier molecular flexibility index (Phi) is 6.76. The molecule has 5 heavy (non-hydrogen) atoms. The zero-order chi connectivity index (χ0) is 3.58. The van der Waals surface area contributed by atoms with Gasteiger partial charge < -0.3 is 5.11 Å². The minimum absolute atomic E-state index is 0. The summed E-state index contributed by atoms with van der Waals surface area (Å²) in [6, 6.07) is 0. The van der Waals surface area contributed by atoms with Gasteiger partial charge in [0.1, 0.15) is 0 Å². The van der Waals surface area contributed by atoms with Crippen molar-refractivity contribution in [2.45, 2.75) is 6.92 Å². The molecular weight excluding hydrogens is 88.1 g/mol. The van der Waals surface area contributed by atoms with E-state index in [0.717, 1.165) is 6.92 Å². The van der Waals surface area contributed by atoms with Crippen molar-refractivity contribution in [2.75, 3.05) is 0 Å². The Labute approximate surface area is 37.3 Å². The third-order valence-corrected chi connectivity index (χ3v) is 0. The van der Waals surface area contributed by atoms with Crippen molar-refractivity contribution in [1.82, 2.24) is 0 Å². The van der Waals surface area contributed by atoms with E-state index in [4.69, 9.17) is 9.90 Å². The van der Waals surface area contributed by atoms with Crippen molar-refractivity contribution < 1.29 is 9.90 Å². The van der Waals surface area contributed by atoms with Gasteiger partial charge in [0, 0.05) is 6.92 Å². The minimum Gasteiger partial charge on any atom is -0.481 e. The second kappa shape index (κ2) is 3.82. The highest BCUT2D eigenvalue weighted by Crippen LogP contribution is 1.42. The maximum atomic E-state index is 9.00. The Morgan fingerprint density at radius 1 is 1.80 bits per heavy atom. The van der Waals surface area contributed by atoms with Gasteiger partial charge in [-0.3, -0.25) is 4.79 Å². The molecule has 0 aromatic heterocycles. The number of rotatable bonds is 0. The van der Waals surface area contributed by atoms with Gasteiger partial charge in [-0.1, -0.05) is 0 Å². The summed E-state index contributed by atoms with van der Waals surface area (Å²) in [7, 11) is 0. The van der Waals surface area contributed by atoms with E-state index in [-0.39, 0.29) is 13.5 Å². The first-order valence-corrected chi connectivity index (χ1v) is 0.928. The third kappa shape index (κ3) is 391. The van der Waals surface area contributed by atoms with Crippen molar-refractivity contribution in [2.24, 2.45) is 0 Å². The molecule has 0 heterocycles. The summed E-state index contributed by atoms with van der Waals surface area (Å²) in [4.78, 5) is 9.00. The first-order chi connectivity index (χ1) is 1.73. The summed E-state index contributed by atoms with van der Waals surface area (Å²) in [6.07, 6.45) is 0. The van der Waals surface area contributed by atoms with Gasteiger partial charge in [-0.2, -0.15) is 13.5 Å². The van der Waals surface area contributed by atoms with Crippen LogP contribution in [-0.4, -0.2) is 11.1 Å². The molecule has 1 N–H and O–H groups in total. The predicted octanol–water partition coefficient (Wildman–Crippen LogP) is 0.204. The van der Waals surface area contributed by atoms with Crippen molar-refractivity contribution in [1.29, 1.82) is 0 Å². The zero-order valence-corrected chi connectivity index (χ0v) is 3.86. The molecule has 0 aliphatic heterocycles. The Morgan fingerprint density at radius 3 is 1.80 bits per heavy atom. The Morgan fingerprint density at radius 2 is 1.80 bits per heavy atom. The molecule has 0 saturated heterocycles. The number of carboxylic acids is 1. The van der Waals surface area contributed by atoms with Gasteiger partial charge in [0.2, 0.25) is 0 Å². The predicted molar refractivity (Wildman–Crippen MR) is 23.7 cm³/mol. The van der Waals surface area contributed by atoms with Crippen LogP contribution >= 0.6 is 13.5 Å². The van der Waals surface area contributed by atoms with Crippen LogP contribution in [0.5, 0.6) is 0 Å². The van der Waals surface area contributed by atoms with Gasteiger partial charge >= 0.3 is 0 Å². The van der Waals surface area contributed by atoms with E-state index in [1.165, 1.54) is 0 Å². The van der Waals surface area contributed by atoms with Crippen LogP contribution in [0, 0.1) is 0 Å². The normalized spacial score (nSPS) is 5.00. The summed E-state index contributed by atoms with van der Waals surface area (Å²) >= 11 is 0. The fourth-order valence-electron chi connectivity index (χ4n) is 0. The van der Waals surface area contributed by atoms with Crippen LogP contribution < -0.4 is 0 Å². The monoisotopic (exact) mass is 94.0 g/mol. The van der Waals surface area contributed by atoms with E-state index in [2.05, 4.69) is 0 Å². The summed E-state index contributed by atoms with van der Waals surface area (Å²) in [5.74, 6) is -0.833. The quantitative estimate of drug-likeness (QED) is 0.465. The second-order valence-corrected chi connectivity index (χ2v) is 0.519. The third-order valence-electron chi connectivity index (χ3n) is 0. The van der Waals surface area contributed by atoms with Gasteiger partial charge in [-0.15, -0.1) is 0 Å². The Bertz CT molecular complexity index is 30.6. The van der Waals surface area contributed by atoms with Crippen LogP contribution in [-0.2, 0) is 4.79 Å². The smallest absolute Gasteiger partial charge is 0.300 e. The molecule has 0 saturated carbocycles. The van der Waals surface area contributed by atoms with Gasteiger partial charge in [0.05, 0.1) is 0 Å². The summed E-state index contributed by atoms with van der Waals surface area (Å²) < 4.78 is 0. The molecular formula is C2H6O2S. The summed E-state index contributed by atoms with van der Waals surface area (Å²) in [6.45, 7) is 1.08. The standard InChI is InChI=1S/C2H4O2.H2S/c1-2(3)4;/h1H3,(H,3,4);1H2. The van der Waals surface area contributed by atoms with Gasteiger partial charge in [-0.05, 0) is 0 Å². The maximum Gasteiger partial charge on any atom is 0.300 e. The molecule has 0 radical (unpaired) electrons. The van der Waals surface area contributed by atoms with Crippen LogP contribution in [0.2, 0.25) is 0 Å². The fraction of sp³-hybridized carbons (Fsp3) is 0.500. The van der Waals surface area contributed by atoms with Crippen LogP contribution in [0.4, 0.5) is 0 Å². The lowest BCUT2D eigenvalue weighted by Crippen LogP contribution is -1.78. The first kappa shape index (κ1) is 8.84. The lowest BCUT2D eigenvalue weighted by Gasteiger charge is -1.59. The van der Waals surface area contributed by atoms with Gasteiger partial charge in [0.25, 0.3) is 5.97 Å². The molecule has 0 aromatic carbocycles. The average molecular weight is 94.1 g/mol. The SMILES string of the molecule is CC(=O)O.S. The van der Waals surface area contributed by atoms with Crippen LogP contribution in [0.15, 0.2) is 0 Å². The Balaban J connectivity index is 0. The molecule has 0 spiro atoms. The lowest BCUT2D eigenvalue weighted by molar-refractivity contribution is -0.134. The highest BCUT2D eigenvalue weighted by Gasteiger charge is 1.65. The molecule has 0 unspecified atom stereocenters. The highest BCUT2D eigenvalue weighted by molar-refractivity contribution is 7.59. The molecule has 0 fully saturated rings. The number of aliphatic carboxylic acids is 1. The molecule has 3 heteroatoms. The number of carboxylic acid groups (broad SMARTS) is 1. The molecule has 2 nitrogen and oxygen atoms in total. The summed E-state index contributed by atoms with van der Waals surface area (Å²) in [5.41, 5.74) is 0. The molecule has 0 aliphatic rings. The van der Waals surface area contributed by atoms with Crippen LogP contribution in [0.3, 0.4) is 0 Å². The van der Waals surface area contributed by atoms with E-state index in [9.17, 15) is 0 Å². The average Bonchev–Trinajstić information content (AvgIpc) is 0.811. The van der Waals surface area contributed by atoms with Crippen molar-refractivity contribution in [3.05, 3.63) is 0 Å². The summed E-state index contributed by atoms with van der Waals surface area (Å²) in [5, 5.41) is 7.42. The van der Waals surface area contributed by atoms with Crippen molar-refractivity contribution in [3.8, 4) is 0 Å². The molecule has 0 amide bonds. The highest BCUT2D eigenvalue weighted by atomic mass is 32.1. The fourth-order valence-corrected chi connectivity index (χ4v) is 0. The van der Waals surface area contributed by atoms with Crippen molar-refractivity contribution in [3.63, 3.8) is 0 Å².